The van der Waals surface area contributed by atoms with Crippen LogP contribution in [0.2, 0.25) is 0 Å². The lowest BCUT2D eigenvalue weighted by atomic mass is 10.1. The first-order chi connectivity index (χ1) is 10.1. The summed E-state index contributed by atoms with van der Waals surface area (Å²) >= 11 is 0. The maximum Gasteiger partial charge on any atom is 0.253 e. The topological polar surface area (TPSA) is 38.1 Å². The number of hydrogen-bond acceptors (Lipinski definition) is 2. The number of carbonyl (C=O) groups is 1. The Morgan fingerprint density at radius 3 is 2.29 bits per heavy atom. The summed E-state index contributed by atoms with van der Waals surface area (Å²) < 4.78 is 1.91. The Labute approximate surface area is 125 Å². The zero-order chi connectivity index (χ0) is 14.8. The number of nitrogens with zero attached hydrogens (tertiary/aromatic N) is 3. The Bertz CT molecular complexity index is 637. The SMILES string of the molecule is Cc1cc(C)n(-c2ccc(C(=O)N3CCCCC3)cc2)n1. The summed E-state index contributed by atoms with van der Waals surface area (Å²) in [5.74, 6) is 0.148. The van der Waals surface area contributed by atoms with E-state index in [1.165, 1.54) is 6.42 Å². The molecule has 21 heavy (non-hydrogen) atoms. The third-order valence-corrected chi connectivity index (χ3v) is 4.01. The minimum absolute atomic E-state index is 0.148. The van der Waals surface area contributed by atoms with E-state index < -0.39 is 0 Å². The molecule has 1 saturated heterocycles. The van der Waals surface area contributed by atoms with Crippen LogP contribution in [0, 0.1) is 13.8 Å². The molecule has 0 bridgehead atoms. The van der Waals surface area contributed by atoms with Gasteiger partial charge in [-0.2, -0.15) is 5.10 Å². The van der Waals surface area contributed by atoms with Gasteiger partial charge in [-0.05, 0) is 63.4 Å². The van der Waals surface area contributed by atoms with Crippen LogP contribution in [-0.4, -0.2) is 33.7 Å². The molecule has 0 atom stereocenters. The Balaban J connectivity index is 1.80. The standard InChI is InChI=1S/C17H21N3O/c1-13-12-14(2)20(18-13)16-8-6-15(7-9-16)17(21)19-10-4-3-5-11-19/h6-9,12H,3-5,10-11H2,1-2H3. The Morgan fingerprint density at radius 2 is 1.71 bits per heavy atom. The molecule has 2 heterocycles. The maximum absolute atomic E-state index is 12.4. The molecular weight excluding hydrogens is 262 g/mol. The normalized spacial score (nSPS) is 15.2. The first kappa shape index (κ1) is 13.9. The van der Waals surface area contributed by atoms with E-state index >= 15 is 0 Å². The van der Waals surface area contributed by atoms with Gasteiger partial charge in [0, 0.05) is 24.3 Å². The minimum Gasteiger partial charge on any atom is -0.339 e. The number of carbonyl (C=O) groups excluding carboxylic acids is 1. The number of hydrogen-bond donors (Lipinski definition) is 0. The molecule has 0 N–H and O–H groups in total. The summed E-state index contributed by atoms with van der Waals surface area (Å²) in [5.41, 5.74) is 3.86. The lowest BCUT2D eigenvalue weighted by molar-refractivity contribution is 0.0724. The largest absolute Gasteiger partial charge is 0.339 e. The second kappa shape index (κ2) is 5.72. The van der Waals surface area contributed by atoms with Gasteiger partial charge in [-0.3, -0.25) is 4.79 Å². The fraction of sp³-hybridized carbons (Fsp3) is 0.412. The Morgan fingerprint density at radius 1 is 1.05 bits per heavy atom. The van der Waals surface area contributed by atoms with Crippen molar-refractivity contribution in [3.05, 3.63) is 47.3 Å². The summed E-state index contributed by atoms with van der Waals surface area (Å²) in [7, 11) is 0. The van der Waals surface area contributed by atoms with E-state index in [9.17, 15) is 4.79 Å². The van der Waals surface area contributed by atoms with Crippen LogP contribution in [0.4, 0.5) is 0 Å². The van der Waals surface area contributed by atoms with Gasteiger partial charge < -0.3 is 4.90 Å². The highest BCUT2D eigenvalue weighted by molar-refractivity contribution is 5.94. The minimum atomic E-state index is 0.148. The molecule has 1 fully saturated rings. The lowest BCUT2D eigenvalue weighted by Crippen LogP contribution is -2.35. The van der Waals surface area contributed by atoms with Crippen LogP contribution >= 0.6 is 0 Å². The van der Waals surface area contributed by atoms with Crippen LogP contribution in [0.5, 0.6) is 0 Å². The molecule has 0 unspecified atom stereocenters. The van der Waals surface area contributed by atoms with E-state index in [0.717, 1.165) is 48.6 Å². The zero-order valence-corrected chi connectivity index (χ0v) is 12.7. The summed E-state index contributed by atoms with van der Waals surface area (Å²) in [5, 5.41) is 4.47. The predicted octanol–water partition coefficient (Wildman–Crippen LogP) is 3.12. The van der Waals surface area contributed by atoms with Crippen molar-refractivity contribution in [2.45, 2.75) is 33.1 Å². The van der Waals surface area contributed by atoms with Gasteiger partial charge in [0.05, 0.1) is 11.4 Å². The molecule has 1 aliphatic heterocycles. The van der Waals surface area contributed by atoms with E-state index in [1.807, 2.05) is 53.8 Å². The summed E-state index contributed by atoms with van der Waals surface area (Å²) in [6.45, 7) is 5.79. The van der Waals surface area contributed by atoms with Crippen LogP contribution in [-0.2, 0) is 0 Å². The quantitative estimate of drug-likeness (QED) is 0.849. The molecule has 0 saturated carbocycles. The molecule has 1 aromatic heterocycles. The van der Waals surface area contributed by atoms with Crippen LogP contribution in [0.25, 0.3) is 5.69 Å². The fourth-order valence-corrected chi connectivity index (χ4v) is 2.92. The number of benzene rings is 1. The highest BCUT2D eigenvalue weighted by Crippen LogP contribution is 2.16. The molecule has 110 valence electrons. The molecule has 4 heteroatoms. The van der Waals surface area contributed by atoms with Crippen molar-refractivity contribution in [2.75, 3.05) is 13.1 Å². The summed E-state index contributed by atoms with van der Waals surface area (Å²) in [6.07, 6.45) is 3.48. The van der Waals surface area contributed by atoms with E-state index in [-0.39, 0.29) is 5.91 Å². The van der Waals surface area contributed by atoms with Crippen LogP contribution in [0.15, 0.2) is 30.3 Å². The van der Waals surface area contributed by atoms with Crippen molar-refractivity contribution in [3.8, 4) is 5.69 Å². The predicted molar refractivity (Wildman–Crippen MR) is 82.8 cm³/mol. The van der Waals surface area contributed by atoms with Gasteiger partial charge in [0.2, 0.25) is 0 Å². The maximum atomic E-state index is 12.4. The highest BCUT2D eigenvalue weighted by Gasteiger charge is 2.18. The van der Waals surface area contributed by atoms with Crippen LogP contribution in [0.3, 0.4) is 0 Å². The number of aromatic nitrogens is 2. The molecule has 1 aliphatic rings. The highest BCUT2D eigenvalue weighted by atomic mass is 16.2. The smallest absolute Gasteiger partial charge is 0.253 e. The van der Waals surface area contributed by atoms with Gasteiger partial charge in [0.15, 0.2) is 0 Å². The number of aryl methyl sites for hydroxylation is 2. The molecule has 0 aliphatic carbocycles. The third kappa shape index (κ3) is 2.84. The average Bonchev–Trinajstić information content (AvgIpc) is 2.86. The van der Waals surface area contributed by atoms with E-state index in [4.69, 9.17) is 0 Å². The Hall–Kier alpha value is -2.10. The van der Waals surface area contributed by atoms with Crippen molar-refractivity contribution in [3.63, 3.8) is 0 Å². The lowest BCUT2D eigenvalue weighted by Gasteiger charge is -2.26. The molecule has 0 spiro atoms. The molecule has 0 radical (unpaired) electrons. The number of amides is 1. The third-order valence-electron chi connectivity index (χ3n) is 4.01. The molecule has 2 aromatic rings. The molecule has 1 amide bonds. The molecular formula is C17H21N3O. The van der Waals surface area contributed by atoms with E-state index in [2.05, 4.69) is 5.10 Å². The van der Waals surface area contributed by atoms with Gasteiger partial charge in [0.25, 0.3) is 5.91 Å². The fourth-order valence-electron chi connectivity index (χ4n) is 2.92. The second-order valence-corrected chi connectivity index (χ2v) is 5.74. The van der Waals surface area contributed by atoms with Gasteiger partial charge in [-0.15, -0.1) is 0 Å². The van der Waals surface area contributed by atoms with Crippen LogP contribution < -0.4 is 0 Å². The van der Waals surface area contributed by atoms with Crippen molar-refractivity contribution in [2.24, 2.45) is 0 Å². The summed E-state index contributed by atoms with van der Waals surface area (Å²) in [6, 6.07) is 9.80. The number of rotatable bonds is 2. The van der Waals surface area contributed by atoms with Gasteiger partial charge in [-0.25, -0.2) is 4.68 Å². The second-order valence-electron chi connectivity index (χ2n) is 5.74. The van der Waals surface area contributed by atoms with E-state index in [1.54, 1.807) is 0 Å². The Kier molecular flexibility index (Phi) is 3.78. The average molecular weight is 283 g/mol. The van der Waals surface area contributed by atoms with Gasteiger partial charge in [0.1, 0.15) is 0 Å². The first-order valence-corrected chi connectivity index (χ1v) is 7.58. The zero-order valence-electron chi connectivity index (χ0n) is 12.7. The van der Waals surface area contributed by atoms with Crippen molar-refractivity contribution in [1.29, 1.82) is 0 Å². The van der Waals surface area contributed by atoms with Crippen molar-refractivity contribution >= 4 is 5.91 Å². The molecule has 1 aromatic carbocycles. The summed E-state index contributed by atoms with van der Waals surface area (Å²) in [4.78, 5) is 14.4. The monoisotopic (exact) mass is 283 g/mol. The first-order valence-electron chi connectivity index (χ1n) is 7.58. The molecule has 4 nitrogen and oxygen atoms in total. The number of likely N-dealkylation sites (tertiary alicyclic amines) is 1. The van der Waals surface area contributed by atoms with Gasteiger partial charge in [-0.1, -0.05) is 0 Å². The molecule has 3 rings (SSSR count). The van der Waals surface area contributed by atoms with Crippen molar-refractivity contribution in [1.82, 2.24) is 14.7 Å². The van der Waals surface area contributed by atoms with Crippen LogP contribution in [0.1, 0.15) is 41.0 Å². The van der Waals surface area contributed by atoms with Crippen molar-refractivity contribution < 1.29 is 4.79 Å². The van der Waals surface area contributed by atoms with E-state index in [0.29, 0.717) is 0 Å². The van der Waals surface area contributed by atoms with Gasteiger partial charge >= 0.3 is 0 Å². The number of piperidine rings is 1.